The highest BCUT2D eigenvalue weighted by Gasteiger charge is 2.31. The van der Waals surface area contributed by atoms with Gasteiger partial charge in [-0.25, -0.2) is 4.98 Å². The van der Waals surface area contributed by atoms with E-state index in [1.54, 1.807) is 6.07 Å². The minimum Gasteiger partial charge on any atom is -0.388 e. The number of aromatic nitrogens is 2. The summed E-state index contributed by atoms with van der Waals surface area (Å²) in [7, 11) is 0. The van der Waals surface area contributed by atoms with Gasteiger partial charge in [-0.05, 0) is 44.2 Å². The quantitative estimate of drug-likeness (QED) is 0.591. The molecule has 1 aromatic carbocycles. The second-order valence-corrected chi connectivity index (χ2v) is 6.07. The Morgan fingerprint density at radius 1 is 1.12 bits per heavy atom. The smallest absolute Gasteiger partial charge is 0.388 e. The van der Waals surface area contributed by atoms with Gasteiger partial charge in [-0.1, -0.05) is 11.6 Å². The second-order valence-electron chi connectivity index (χ2n) is 5.63. The van der Waals surface area contributed by atoms with E-state index in [2.05, 4.69) is 14.3 Å². The van der Waals surface area contributed by atoms with Crippen molar-refractivity contribution in [2.24, 2.45) is 0 Å². The minimum atomic E-state index is -4.75. The van der Waals surface area contributed by atoms with Crippen molar-refractivity contribution in [1.29, 1.82) is 0 Å². The molecule has 0 aliphatic carbocycles. The van der Waals surface area contributed by atoms with Gasteiger partial charge in [0.1, 0.15) is 0 Å². The molecule has 0 aliphatic rings. The number of rotatable bonds is 3. The summed E-state index contributed by atoms with van der Waals surface area (Å²) in [5.74, 6) is -0.485. The number of halogens is 4. The average molecular weight is 355 g/mol. The van der Waals surface area contributed by atoms with Crippen LogP contribution in [0.5, 0.6) is 5.88 Å². The number of ether oxygens (including phenoxy) is 1. The van der Waals surface area contributed by atoms with Gasteiger partial charge in [-0.2, -0.15) is 0 Å². The Morgan fingerprint density at radius 2 is 1.88 bits per heavy atom. The van der Waals surface area contributed by atoms with Gasteiger partial charge in [-0.3, -0.25) is 0 Å². The summed E-state index contributed by atoms with van der Waals surface area (Å²) in [6.45, 7) is 4.07. The first-order valence-electron chi connectivity index (χ1n) is 7.27. The third-order valence-electron chi connectivity index (χ3n) is 3.57. The number of hydrogen-bond acceptors (Lipinski definition) is 2. The molecular weight excluding hydrogens is 341 g/mol. The van der Waals surface area contributed by atoms with E-state index < -0.39 is 12.2 Å². The van der Waals surface area contributed by atoms with Crippen molar-refractivity contribution in [3.63, 3.8) is 0 Å². The molecule has 0 spiro atoms. The maximum Gasteiger partial charge on any atom is 0.574 e. The predicted molar refractivity (Wildman–Crippen MR) is 87.2 cm³/mol. The molecule has 2 aromatic heterocycles. The standard InChI is InChI=1S/C17H14ClF3N2O/c1-10(2)23-14-5-4-13(18)7-12(14)8-15(23)11-3-6-16(22-9-11)24-17(19,20)21/h3-10H,1-2H3. The van der Waals surface area contributed by atoms with Gasteiger partial charge < -0.3 is 9.30 Å². The largest absolute Gasteiger partial charge is 0.574 e. The van der Waals surface area contributed by atoms with Crippen molar-refractivity contribution in [2.75, 3.05) is 0 Å². The third-order valence-corrected chi connectivity index (χ3v) is 3.80. The molecule has 0 saturated carbocycles. The van der Waals surface area contributed by atoms with E-state index in [0.29, 0.717) is 10.6 Å². The zero-order chi connectivity index (χ0) is 17.5. The molecular formula is C17H14ClF3N2O. The summed E-state index contributed by atoms with van der Waals surface area (Å²) in [5.41, 5.74) is 2.55. The highest BCUT2D eigenvalue weighted by Crippen LogP contribution is 2.33. The van der Waals surface area contributed by atoms with Crippen LogP contribution in [0.1, 0.15) is 19.9 Å². The summed E-state index contributed by atoms with van der Waals surface area (Å²) >= 11 is 6.04. The van der Waals surface area contributed by atoms with Crippen LogP contribution in [0.15, 0.2) is 42.6 Å². The van der Waals surface area contributed by atoms with Crippen molar-refractivity contribution in [1.82, 2.24) is 9.55 Å². The molecule has 2 heterocycles. The number of hydrogen-bond donors (Lipinski definition) is 0. The maximum atomic E-state index is 12.2. The third kappa shape index (κ3) is 3.33. The first-order valence-corrected chi connectivity index (χ1v) is 7.65. The zero-order valence-electron chi connectivity index (χ0n) is 12.9. The fraction of sp³-hybridized carbons (Fsp3) is 0.235. The van der Waals surface area contributed by atoms with Crippen LogP contribution in [0.3, 0.4) is 0 Å². The number of benzene rings is 1. The van der Waals surface area contributed by atoms with Crippen LogP contribution in [-0.4, -0.2) is 15.9 Å². The molecule has 0 amide bonds. The maximum absolute atomic E-state index is 12.2. The normalized spacial score (nSPS) is 12.1. The molecule has 24 heavy (non-hydrogen) atoms. The zero-order valence-corrected chi connectivity index (χ0v) is 13.7. The summed E-state index contributed by atoms with van der Waals surface area (Å²) in [6, 6.07) is 10.5. The van der Waals surface area contributed by atoms with Crippen molar-refractivity contribution in [3.05, 3.63) is 47.6 Å². The molecule has 0 bridgehead atoms. The highest BCUT2D eigenvalue weighted by atomic mass is 35.5. The van der Waals surface area contributed by atoms with Gasteiger partial charge in [-0.15, -0.1) is 13.2 Å². The second kappa shape index (κ2) is 6.02. The van der Waals surface area contributed by atoms with E-state index in [4.69, 9.17) is 11.6 Å². The molecule has 7 heteroatoms. The summed E-state index contributed by atoms with van der Waals surface area (Å²) < 4.78 is 42.6. The topological polar surface area (TPSA) is 27.1 Å². The average Bonchev–Trinajstić information content (AvgIpc) is 2.84. The molecule has 0 atom stereocenters. The Kier molecular flexibility index (Phi) is 4.17. The Balaban J connectivity index is 2.07. The lowest BCUT2D eigenvalue weighted by Crippen LogP contribution is -2.17. The Labute approximate surface area is 141 Å². The van der Waals surface area contributed by atoms with E-state index in [-0.39, 0.29) is 6.04 Å². The molecule has 3 aromatic rings. The molecule has 126 valence electrons. The Hall–Kier alpha value is -2.21. The molecule has 0 saturated heterocycles. The number of nitrogens with zero attached hydrogens (tertiary/aromatic N) is 2. The van der Waals surface area contributed by atoms with Crippen LogP contribution in [0, 0.1) is 0 Å². The number of alkyl halides is 3. The van der Waals surface area contributed by atoms with Crippen molar-refractivity contribution in [2.45, 2.75) is 26.3 Å². The molecule has 3 rings (SSSR count). The van der Waals surface area contributed by atoms with Crippen LogP contribution >= 0.6 is 11.6 Å². The SMILES string of the molecule is CC(C)n1c(-c2ccc(OC(F)(F)F)nc2)cc2cc(Cl)ccc21. The number of pyridine rings is 1. The van der Waals surface area contributed by atoms with E-state index in [0.717, 1.165) is 16.6 Å². The molecule has 0 radical (unpaired) electrons. The fourth-order valence-electron chi connectivity index (χ4n) is 2.70. The summed E-state index contributed by atoms with van der Waals surface area (Å²) in [5, 5.41) is 1.59. The minimum absolute atomic E-state index is 0.157. The van der Waals surface area contributed by atoms with Gasteiger partial charge in [0.15, 0.2) is 0 Å². The summed E-state index contributed by atoms with van der Waals surface area (Å²) in [4.78, 5) is 3.75. The highest BCUT2D eigenvalue weighted by molar-refractivity contribution is 6.31. The predicted octanol–water partition coefficient (Wildman–Crippen LogP) is 5.84. The Bertz CT molecular complexity index is 870. The Morgan fingerprint density at radius 3 is 2.46 bits per heavy atom. The van der Waals surface area contributed by atoms with Crippen LogP contribution in [0.25, 0.3) is 22.2 Å². The van der Waals surface area contributed by atoms with E-state index in [9.17, 15) is 13.2 Å². The van der Waals surface area contributed by atoms with E-state index >= 15 is 0 Å². The van der Waals surface area contributed by atoms with Gasteiger partial charge in [0.2, 0.25) is 5.88 Å². The van der Waals surface area contributed by atoms with Crippen molar-refractivity contribution >= 4 is 22.5 Å². The van der Waals surface area contributed by atoms with Gasteiger partial charge in [0.25, 0.3) is 0 Å². The van der Waals surface area contributed by atoms with Crippen LogP contribution < -0.4 is 4.74 Å². The molecule has 0 unspecified atom stereocenters. The van der Waals surface area contributed by atoms with E-state index in [1.165, 1.54) is 12.3 Å². The summed E-state index contributed by atoms with van der Waals surface area (Å²) in [6.07, 6.45) is -3.38. The van der Waals surface area contributed by atoms with Crippen molar-refractivity contribution < 1.29 is 17.9 Å². The lowest BCUT2D eigenvalue weighted by Gasteiger charge is -2.15. The molecule has 3 nitrogen and oxygen atoms in total. The van der Waals surface area contributed by atoms with Crippen LogP contribution in [0.4, 0.5) is 13.2 Å². The van der Waals surface area contributed by atoms with Gasteiger partial charge >= 0.3 is 6.36 Å². The fourth-order valence-corrected chi connectivity index (χ4v) is 2.88. The lowest BCUT2D eigenvalue weighted by atomic mass is 10.2. The monoisotopic (exact) mass is 354 g/mol. The molecule has 0 fully saturated rings. The first kappa shape index (κ1) is 16.6. The number of fused-ring (bicyclic) bond motifs is 1. The lowest BCUT2D eigenvalue weighted by molar-refractivity contribution is -0.276. The van der Waals surface area contributed by atoms with Crippen LogP contribution in [-0.2, 0) is 0 Å². The van der Waals surface area contributed by atoms with Crippen LogP contribution in [0.2, 0.25) is 5.02 Å². The molecule has 0 N–H and O–H groups in total. The van der Waals surface area contributed by atoms with E-state index in [1.807, 2.05) is 38.1 Å². The molecule has 0 aliphatic heterocycles. The first-order chi connectivity index (χ1) is 11.2. The van der Waals surface area contributed by atoms with Crippen molar-refractivity contribution in [3.8, 4) is 17.1 Å². The van der Waals surface area contributed by atoms with Gasteiger partial charge in [0, 0.05) is 39.8 Å². The van der Waals surface area contributed by atoms with Gasteiger partial charge in [0.05, 0.1) is 5.69 Å².